The summed E-state index contributed by atoms with van der Waals surface area (Å²) in [7, 11) is 1.60. The number of carbonyl (C=O) groups is 2. The normalized spacial score (nSPS) is 10.6. The summed E-state index contributed by atoms with van der Waals surface area (Å²) in [4.78, 5) is 28.9. The minimum atomic E-state index is -0.781. The minimum absolute atomic E-state index is 0.00235. The Hall–Kier alpha value is -3.91. The lowest BCUT2D eigenvalue weighted by atomic mass is 10.1. The lowest BCUT2D eigenvalue weighted by Crippen LogP contribution is -2.20. The first kappa shape index (κ1) is 20.4. The highest BCUT2D eigenvalue weighted by atomic mass is 32.1. The number of carbonyl (C=O) groups excluding carboxylic acids is 2. The Balaban J connectivity index is 1.37. The first-order valence-electron chi connectivity index (χ1n) is 9.32. The second-order valence-electron chi connectivity index (χ2n) is 6.61. The molecule has 0 saturated carbocycles. The Morgan fingerprint density at radius 1 is 1.06 bits per heavy atom. The number of methoxy groups -OCH3 is 1. The number of nitrogens with one attached hydrogen (secondary N) is 1. The van der Waals surface area contributed by atoms with E-state index in [4.69, 9.17) is 9.47 Å². The number of amides is 1. The SMILES string of the molecule is COc1ccc(-c2csc(NC(=O)COC(=O)c3cc4ccccc4cc3O)n2)cc1. The summed E-state index contributed by atoms with van der Waals surface area (Å²) in [5.74, 6) is -0.763. The van der Waals surface area contributed by atoms with Crippen LogP contribution in [0.15, 0.2) is 66.0 Å². The zero-order valence-corrected chi connectivity index (χ0v) is 17.3. The van der Waals surface area contributed by atoms with Gasteiger partial charge in [0, 0.05) is 10.9 Å². The van der Waals surface area contributed by atoms with Crippen molar-refractivity contribution in [3.8, 4) is 22.8 Å². The number of aromatic hydroxyl groups is 1. The van der Waals surface area contributed by atoms with Crippen LogP contribution in [0.2, 0.25) is 0 Å². The average molecular weight is 434 g/mol. The molecule has 0 bridgehead atoms. The zero-order chi connectivity index (χ0) is 21.8. The van der Waals surface area contributed by atoms with Crippen LogP contribution in [0.1, 0.15) is 10.4 Å². The molecule has 8 heteroatoms. The van der Waals surface area contributed by atoms with Crippen molar-refractivity contribution in [3.05, 3.63) is 71.6 Å². The van der Waals surface area contributed by atoms with Gasteiger partial charge >= 0.3 is 5.97 Å². The molecule has 0 atom stereocenters. The Morgan fingerprint density at radius 3 is 2.48 bits per heavy atom. The Labute approximate surface area is 181 Å². The molecule has 1 aromatic heterocycles. The Morgan fingerprint density at radius 2 is 1.77 bits per heavy atom. The van der Waals surface area contributed by atoms with E-state index in [0.717, 1.165) is 22.1 Å². The molecule has 0 spiro atoms. The maximum Gasteiger partial charge on any atom is 0.342 e. The van der Waals surface area contributed by atoms with Gasteiger partial charge in [0.1, 0.15) is 17.1 Å². The quantitative estimate of drug-likeness (QED) is 0.435. The fraction of sp³-hybridized carbons (Fsp3) is 0.0870. The summed E-state index contributed by atoms with van der Waals surface area (Å²) in [5.41, 5.74) is 1.60. The van der Waals surface area contributed by atoms with E-state index in [1.165, 1.54) is 23.5 Å². The summed E-state index contributed by atoms with van der Waals surface area (Å²) in [6, 6.07) is 17.7. The average Bonchev–Trinajstić information content (AvgIpc) is 3.25. The summed E-state index contributed by atoms with van der Waals surface area (Å²) in [6.45, 7) is -0.497. The van der Waals surface area contributed by atoms with Crippen molar-refractivity contribution in [3.63, 3.8) is 0 Å². The molecule has 0 fully saturated rings. The molecule has 0 aliphatic rings. The van der Waals surface area contributed by atoms with Crippen LogP contribution in [0.25, 0.3) is 22.0 Å². The minimum Gasteiger partial charge on any atom is -0.507 e. The predicted octanol–water partition coefficient (Wildman–Crippen LogP) is 4.47. The van der Waals surface area contributed by atoms with Crippen molar-refractivity contribution >= 4 is 39.1 Å². The largest absolute Gasteiger partial charge is 0.507 e. The third-order valence-electron chi connectivity index (χ3n) is 4.55. The van der Waals surface area contributed by atoms with Crippen LogP contribution in [-0.2, 0) is 9.53 Å². The van der Waals surface area contributed by atoms with Gasteiger partial charge in [0.25, 0.3) is 5.91 Å². The maximum absolute atomic E-state index is 12.3. The van der Waals surface area contributed by atoms with Crippen LogP contribution in [0, 0.1) is 0 Å². The summed E-state index contributed by atoms with van der Waals surface area (Å²) >= 11 is 1.26. The van der Waals surface area contributed by atoms with Gasteiger partial charge < -0.3 is 14.6 Å². The number of phenols is 1. The molecule has 3 aromatic carbocycles. The standard InChI is InChI=1S/C23H18N2O5S/c1-29-17-8-6-14(7-9-17)19-13-31-23(24-19)25-21(27)12-30-22(28)18-10-15-4-2-3-5-16(15)11-20(18)26/h2-11,13,26H,12H2,1H3,(H,24,25,27). The van der Waals surface area contributed by atoms with Crippen molar-refractivity contribution in [1.82, 2.24) is 4.98 Å². The monoisotopic (exact) mass is 434 g/mol. The maximum atomic E-state index is 12.3. The van der Waals surface area contributed by atoms with Crippen LogP contribution in [0.4, 0.5) is 5.13 Å². The third-order valence-corrected chi connectivity index (χ3v) is 5.31. The molecule has 31 heavy (non-hydrogen) atoms. The van der Waals surface area contributed by atoms with Gasteiger partial charge in [-0.3, -0.25) is 10.1 Å². The number of hydrogen-bond acceptors (Lipinski definition) is 7. The molecule has 0 saturated heterocycles. The highest BCUT2D eigenvalue weighted by molar-refractivity contribution is 7.14. The molecule has 1 amide bonds. The van der Waals surface area contributed by atoms with Crippen molar-refractivity contribution in [1.29, 1.82) is 0 Å². The smallest absolute Gasteiger partial charge is 0.342 e. The molecular weight excluding hydrogens is 416 g/mol. The first-order chi connectivity index (χ1) is 15.0. The molecule has 0 aliphatic heterocycles. The van der Waals surface area contributed by atoms with E-state index >= 15 is 0 Å². The molecule has 1 heterocycles. The van der Waals surface area contributed by atoms with E-state index in [-0.39, 0.29) is 11.3 Å². The van der Waals surface area contributed by atoms with Gasteiger partial charge in [-0.05, 0) is 47.2 Å². The third kappa shape index (κ3) is 4.65. The molecule has 2 N–H and O–H groups in total. The fourth-order valence-corrected chi connectivity index (χ4v) is 3.72. The summed E-state index contributed by atoms with van der Waals surface area (Å²) in [6.07, 6.45) is 0. The van der Waals surface area contributed by atoms with Crippen LogP contribution < -0.4 is 10.1 Å². The molecule has 156 valence electrons. The molecule has 4 aromatic rings. The number of anilines is 1. The lowest BCUT2D eigenvalue weighted by Gasteiger charge is -2.08. The number of aromatic nitrogens is 1. The number of thiazole rings is 1. The van der Waals surface area contributed by atoms with Crippen molar-refractivity contribution in [2.45, 2.75) is 0 Å². The van der Waals surface area contributed by atoms with Gasteiger partial charge in [-0.15, -0.1) is 11.3 Å². The summed E-state index contributed by atoms with van der Waals surface area (Å²) < 4.78 is 10.2. The van der Waals surface area contributed by atoms with Gasteiger partial charge in [-0.25, -0.2) is 9.78 Å². The van der Waals surface area contributed by atoms with E-state index in [1.54, 1.807) is 7.11 Å². The molecule has 0 unspecified atom stereocenters. The number of nitrogens with zero attached hydrogens (tertiary/aromatic N) is 1. The second-order valence-corrected chi connectivity index (χ2v) is 7.47. The van der Waals surface area contributed by atoms with Gasteiger partial charge in [0.05, 0.1) is 12.8 Å². The number of fused-ring (bicyclic) bond motifs is 1. The highest BCUT2D eigenvalue weighted by Gasteiger charge is 2.16. The topological polar surface area (TPSA) is 97.8 Å². The molecule has 4 rings (SSSR count). The highest BCUT2D eigenvalue weighted by Crippen LogP contribution is 2.27. The van der Waals surface area contributed by atoms with Gasteiger partial charge in [-0.1, -0.05) is 24.3 Å². The fourth-order valence-electron chi connectivity index (χ4n) is 2.98. The Kier molecular flexibility index (Phi) is 5.81. The van der Waals surface area contributed by atoms with E-state index in [2.05, 4.69) is 10.3 Å². The van der Waals surface area contributed by atoms with E-state index in [1.807, 2.05) is 53.9 Å². The number of esters is 1. The lowest BCUT2D eigenvalue weighted by molar-refractivity contribution is -0.119. The molecular formula is C23H18N2O5S. The van der Waals surface area contributed by atoms with Crippen molar-refractivity contribution in [2.24, 2.45) is 0 Å². The van der Waals surface area contributed by atoms with Gasteiger partial charge in [0.2, 0.25) is 0 Å². The van der Waals surface area contributed by atoms with Crippen LogP contribution in [-0.4, -0.2) is 35.7 Å². The van der Waals surface area contributed by atoms with Crippen LogP contribution in [0.3, 0.4) is 0 Å². The van der Waals surface area contributed by atoms with Crippen LogP contribution in [0.5, 0.6) is 11.5 Å². The van der Waals surface area contributed by atoms with Gasteiger partial charge in [0.15, 0.2) is 11.7 Å². The number of rotatable bonds is 6. The molecule has 0 aliphatic carbocycles. The molecule has 0 radical (unpaired) electrons. The van der Waals surface area contributed by atoms with E-state index < -0.39 is 18.5 Å². The number of phenolic OH excluding ortho intramolecular Hbond substituents is 1. The molecule has 7 nitrogen and oxygen atoms in total. The number of benzene rings is 3. The number of hydrogen-bond donors (Lipinski definition) is 2. The number of ether oxygens (including phenoxy) is 2. The predicted molar refractivity (Wildman–Crippen MR) is 119 cm³/mol. The zero-order valence-electron chi connectivity index (χ0n) is 16.5. The van der Waals surface area contributed by atoms with Crippen molar-refractivity contribution < 1.29 is 24.2 Å². The van der Waals surface area contributed by atoms with Crippen LogP contribution >= 0.6 is 11.3 Å². The van der Waals surface area contributed by atoms with E-state index in [0.29, 0.717) is 10.8 Å². The Bertz CT molecular complexity index is 1250. The first-order valence-corrected chi connectivity index (χ1v) is 10.2. The van der Waals surface area contributed by atoms with Gasteiger partial charge in [-0.2, -0.15) is 0 Å². The van der Waals surface area contributed by atoms with Crippen molar-refractivity contribution in [2.75, 3.05) is 19.0 Å². The second kappa shape index (κ2) is 8.85. The van der Waals surface area contributed by atoms with E-state index in [9.17, 15) is 14.7 Å². The summed E-state index contributed by atoms with van der Waals surface area (Å²) in [5, 5.41) is 16.5.